The van der Waals surface area contributed by atoms with Gasteiger partial charge in [-0.25, -0.2) is 8.78 Å². The van der Waals surface area contributed by atoms with E-state index in [1.165, 1.54) is 0 Å². The molecule has 0 fully saturated rings. The molecule has 0 atom stereocenters. The summed E-state index contributed by atoms with van der Waals surface area (Å²) in [5, 5.41) is 17.4. The van der Waals surface area contributed by atoms with Crippen molar-refractivity contribution in [1.29, 1.82) is 10.5 Å². The maximum atomic E-state index is 13.7. The van der Waals surface area contributed by atoms with Crippen molar-refractivity contribution in [3.05, 3.63) is 34.9 Å². The summed E-state index contributed by atoms with van der Waals surface area (Å²) < 4.78 is 32.2. The Morgan fingerprint density at radius 3 is 2.55 bits per heavy atom. The van der Waals surface area contributed by atoms with E-state index in [4.69, 9.17) is 15.3 Å². The quantitative estimate of drug-likeness (QED) is 0.583. The summed E-state index contributed by atoms with van der Waals surface area (Å²) >= 11 is 0. The zero-order valence-corrected chi connectivity index (χ0v) is 11.1. The van der Waals surface area contributed by atoms with Crippen LogP contribution in [0.5, 0.6) is 5.75 Å². The zero-order valence-electron chi connectivity index (χ0n) is 11.1. The molecule has 0 aliphatic carbocycles. The van der Waals surface area contributed by atoms with Gasteiger partial charge in [-0.05, 0) is 18.6 Å². The molecule has 0 heterocycles. The standard InChI is InChI=1S/C15H14F2N2O/c1-2-3-4-5-20-15-12(6-11(9-18)10-19)7-13(16)8-14(15)17/h6-8H,2-5H2,1H3. The lowest BCUT2D eigenvalue weighted by atomic mass is 10.1. The van der Waals surface area contributed by atoms with Crippen LogP contribution in [0.4, 0.5) is 8.78 Å². The molecule has 1 rings (SSSR count). The van der Waals surface area contributed by atoms with Gasteiger partial charge in [0, 0.05) is 11.6 Å². The van der Waals surface area contributed by atoms with Gasteiger partial charge in [0.15, 0.2) is 11.6 Å². The fourth-order valence-electron chi connectivity index (χ4n) is 1.61. The molecular weight excluding hydrogens is 262 g/mol. The van der Waals surface area contributed by atoms with Gasteiger partial charge >= 0.3 is 0 Å². The van der Waals surface area contributed by atoms with Gasteiger partial charge in [-0.2, -0.15) is 10.5 Å². The second-order valence-corrected chi connectivity index (χ2v) is 4.14. The lowest BCUT2D eigenvalue weighted by molar-refractivity contribution is 0.290. The maximum absolute atomic E-state index is 13.7. The van der Waals surface area contributed by atoms with E-state index < -0.39 is 11.6 Å². The van der Waals surface area contributed by atoms with Crippen LogP contribution in [0.25, 0.3) is 6.08 Å². The topological polar surface area (TPSA) is 56.8 Å². The highest BCUT2D eigenvalue weighted by atomic mass is 19.1. The first-order chi connectivity index (χ1) is 9.62. The predicted octanol–water partition coefficient (Wildman–Crippen LogP) is 3.96. The molecular formula is C15H14F2N2O. The summed E-state index contributed by atoms with van der Waals surface area (Å²) in [5.41, 5.74) is -0.189. The number of hydrogen-bond donors (Lipinski definition) is 0. The SMILES string of the molecule is CCCCCOc1c(F)cc(F)cc1C=C(C#N)C#N. The highest BCUT2D eigenvalue weighted by Gasteiger charge is 2.12. The van der Waals surface area contributed by atoms with Crippen molar-refractivity contribution in [2.75, 3.05) is 6.61 Å². The van der Waals surface area contributed by atoms with Crippen LogP contribution in [0.3, 0.4) is 0 Å². The Morgan fingerprint density at radius 1 is 1.25 bits per heavy atom. The summed E-state index contributed by atoms with van der Waals surface area (Å²) in [5.74, 6) is -1.77. The number of allylic oxidation sites excluding steroid dienone is 1. The molecule has 0 saturated carbocycles. The molecule has 104 valence electrons. The van der Waals surface area contributed by atoms with Gasteiger partial charge in [0.25, 0.3) is 0 Å². The van der Waals surface area contributed by atoms with Gasteiger partial charge in [0.05, 0.1) is 6.61 Å². The molecule has 0 radical (unpaired) electrons. The van der Waals surface area contributed by atoms with Crippen molar-refractivity contribution in [2.24, 2.45) is 0 Å². The summed E-state index contributed by atoms with van der Waals surface area (Å²) in [6.45, 7) is 2.32. The van der Waals surface area contributed by atoms with Crippen molar-refractivity contribution >= 4 is 6.08 Å². The van der Waals surface area contributed by atoms with Crippen LogP contribution < -0.4 is 4.74 Å². The number of unbranched alkanes of at least 4 members (excludes halogenated alkanes) is 2. The Balaban J connectivity index is 3.06. The molecule has 1 aromatic carbocycles. The monoisotopic (exact) mass is 276 g/mol. The number of rotatable bonds is 6. The summed E-state index contributed by atoms with van der Waals surface area (Å²) in [4.78, 5) is 0. The van der Waals surface area contributed by atoms with Gasteiger partial charge in [-0.15, -0.1) is 0 Å². The number of halogens is 2. The molecule has 0 amide bonds. The van der Waals surface area contributed by atoms with Crippen LogP contribution in [-0.4, -0.2) is 6.61 Å². The number of nitriles is 2. The number of hydrogen-bond acceptors (Lipinski definition) is 3. The Bertz CT molecular complexity index is 567. The molecule has 20 heavy (non-hydrogen) atoms. The van der Waals surface area contributed by atoms with E-state index in [0.717, 1.165) is 31.4 Å². The summed E-state index contributed by atoms with van der Waals surface area (Å²) in [7, 11) is 0. The van der Waals surface area contributed by atoms with Gasteiger partial charge in [0.1, 0.15) is 23.5 Å². The highest BCUT2D eigenvalue weighted by Crippen LogP contribution is 2.26. The molecule has 5 heteroatoms. The van der Waals surface area contributed by atoms with E-state index in [1.54, 1.807) is 12.1 Å². The van der Waals surface area contributed by atoms with Gasteiger partial charge in [-0.3, -0.25) is 0 Å². The molecule has 0 bridgehead atoms. The molecule has 0 unspecified atom stereocenters. The summed E-state index contributed by atoms with van der Waals surface area (Å²) in [6, 6.07) is 5.03. The second-order valence-electron chi connectivity index (χ2n) is 4.14. The Hall–Kier alpha value is -2.40. The number of ether oxygens (including phenoxy) is 1. The van der Waals surface area contributed by atoms with E-state index in [2.05, 4.69) is 0 Å². The van der Waals surface area contributed by atoms with Gasteiger partial charge in [-0.1, -0.05) is 19.8 Å². The first-order valence-electron chi connectivity index (χ1n) is 6.26. The van der Waals surface area contributed by atoms with Crippen molar-refractivity contribution in [2.45, 2.75) is 26.2 Å². The van der Waals surface area contributed by atoms with Crippen LogP contribution in [0, 0.1) is 34.3 Å². The third-order valence-electron chi connectivity index (χ3n) is 2.57. The minimum Gasteiger partial charge on any atom is -0.490 e. The fourth-order valence-corrected chi connectivity index (χ4v) is 1.61. The molecule has 0 aliphatic rings. The van der Waals surface area contributed by atoms with E-state index in [-0.39, 0.29) is 16.9 Å². The molecule has 0 aromatic heterocycles. The molecule has 0 N–H and O–H groups in total. The highest BCUT2D eigenvalue weighted by molar-refractivity contribution is 5.66. The predicted molar refractivity (Wildman–Crippen MR) is 70.6 cm³/mol. The minimum absolute atomic E-state index is 0.0529. The van der Waals surface area contributed by atoms with Gasteiger partial charge in [0.2, 0.25) is 0 Å². The van der Waals surface area contributed by atoms with Gasteiger partial charge < -0.3 is 4.74 Å². The number of benzene rings is 1. The first-order valence-corrected chi connectivity index (χ1v) is 6.26. The van der Waals surface area contributed by atoms with E-state index >= 15 is 0 Å². The average Bonchev–Trinajstić information content (AvgIpc) is 2.42. The third kappa shape index (κ3) is 4.37. The Labute approximate surface area is 116 Å². The maximum Gasteiger partial charge on any atom is 0.168 e. The molecule has 0 aliphatic heterocycles. The van der Waals surface area contributed by atoms with Crippen LogP contribution in [0.2, 0.25) is 0 Å². The van der Waals surface area contributed by atoms with Crippen molar-refractivity contribution in [3.8, 4) is 17.9 Å². The average molecular weight is 276 g/mol. The first kappa shape index (κ1) is 15.7. The van der Waals surface area contributed by atoms with Crippen LogP contribution in [0.15, 0.2) is 17.7 Å². The third-order valence-corrected chi connectivity index (χ3v) is 2.57. The smallest absolute Gasteiger partial charge is 0.168 e. The minimum atomic E-state index is -0.844. The molecule has 0 spiro atoms. The fraction of sp³-hybridized carbons (Fsp3) is 0.333. The molecule has 3 nitrogen and oxygen atoms in total. The Morgan fingerprint density at radius 2 is 1.95 bits per heavy atom. The van der Waals surface area contributed by atoms with Crippen molar-refractivity contribution in [3.63, 3.8) is 0 Å². The Kier molecular flexibility index (Phi) is 6.19. The molecule has 0 saturated heterocycles. The van der Waals surface area contributed by atoms with Crippen molar-refractivity contribution in [1.82, 2.24) is 0 Å². The van der Waals surface area contributed by atoms with Crippen LogP contribution in [0.1, 0.15) is 31.7 Å². The second kappa shape index (κ2) is 7.91. The van der Waals surface area contributed by atoms with Crippen LogP contribution in [-0.2, 0) is 0 Å². The largest absolute Gasteiger partial charge is 0.490 e. The van der Waals surface area contributed by atoms with E-state index in [0.29, 0.717) is 12.7 Å². The summed E-state index contributed by atoms with van der Waals surface area (Å²) in [6.07, 6.45) is 3.80. The van der Waals surface area contributed by atoms with E-state index in [9.17, 15) is 8.78 Å². The van der Waals surface area contributed by atoms with Crippen LogP contribution >= 0.6 is 0 Å². The normalized spacial score (nSPS) is 9.45. The zero-order chi connectivity index (χ0) is 15.0. The lowest BCUT2D eigenvalue weighted by Crippen LogP contribution is -2.02. The molecule has 1 aromatic rings. The lowest BCUT2D eigenvalue weighted by Gasteiger charge is -2.10. The number of nitrogens with zero attached hydrogens (tertiary/aromatic N) is 2. The van der Waals surface area contributed by atoms with E-state index in [1.807, 2.05) is 6.92 Å². The van der Waals surface area contributed by atoms with Crippen molar-refractivity contribution < 1.29 is 13.5 Å².